The highest BCUT2D eigenvalue weighted by molar-refractivity contribution is 5.91. The summed E-state index contributed by atoms with van der Waals surface area (Å²) in [5.74, 6) is -0.346. The van der Waals surface area contributed by atoms with Crippen molar-refractivity contribution in [2.45, 2.75) is 83.3 Å². The first-order valence-corrected chi connectivity index (χ1v) is 11.5. The normalized spacial score (nSPS) is 42.5. The van der Waals surface area contributed by atoms with Crippen LogP contribution in [0.4, 0.5) is 0 Å². The maximum atomic E-state index is 12.9. The van der Waals surface area contributed by atoms with E-state index in [-0.39, 0.29) is 47.3 Å². The molecule has 3 fully saturated rings. The number of ether oxygens (including phenoxy) is 2. The molecule has 1 N–H and O–H groups in total. The Balaban J connectivity index is 1.66. The van der Waals surface area contributed by atoms with E-state index in [9.17, 15) is 19.5 Å². The van der Waals surface area contributed by atoms with Crippen molar-refractivity contribution in [1.29, 1.82) is 0 Å². The van der Waals surface area contributed by atoms with Gasteiger partial charge in [-0.25, -0.2) is 4.79 Å². The summed E-state index contributed by atoms with van der Waals surface area (Å²) >= 11 is 0. The summed E-state index contributed by atoms with van der Waals surface area (Å²) in [5, 5.41) is 11.3. The van der Waals surface area contributed by atoms with Crippen LogP contribution in [0.15, 0.2) is 11.6 Å². The van der Waals surface area contributed by atoms with E-state index < -0.39 is 17.7 Å². The summed E-state index contributed by atoms with van der Waals surface area (Å²) < 4.78 is 11.0. The van der Waals surface area contributed by atoms with Gasteiger partial charge < -0.3 is 14.6 Å². The number of aliphatic hydroxyl groups excluding tert-OH is 1. The third-order valence-corrected chi connectivity index (χ3v) is 8.61. The summed E-state index contributed by atoms with van der Waals surface area (Å²) in [4.78, 5) is 37.3. The molecule has 0 radical (unpaired) electrons. The Hall–Kier alpha value is -1.69. The first kappa shape index (κ1) is 21.5. The van der Waals surface area contributed by atoms with Crippen molar-refractivity contribution in [1.82, 2.24) is 0 Å². The molecule has 7 unspecified atom stereocenters. The standard InChI is InChI=1S/C24H34O6/c1-4-5-20(27)30-24(22(28)29-3)11-9-16-17-7-6-14-12-15(25)8-10-23(14,2)21(17)19(26)13-18(16)24/h12,16-19,21,26H,4-11,13H2,1-3H3. The van der Waals surface area contributed by atoms with Crippen LogP contribution >= 0.6 is 0 Å². The Kier molecular flexibility index (Phi) is 5.58. The van der Waals surface area contributed by atoms with E-state index in [1.807, 2.05) is 13.0 Å². The molecular weight excluding hydrogens is 384 g/mol. The van der Waals surface area contributed by atoms with Crippen molar-refractivity contribution in [2.75, 3.05) is 7.11 Å². The number of rotatable bonds is 4. The molecule has 0 aliphatic heterocycles. The fourth-order valence-electron chi connectivity index (χ4n) is 7.33. The SMILES string of the molecule is CCCC(=O)OC1(C(=O)OC)CCC2C3CCC4=CC(=O)CCC4(C)C3C(O)CC21. The van der Waals surface area contributed by atoms with Gasteiger partial charge in [0.15, 0.2) is 5.78 Å². The molecule has 0 amide bonds. The highest BCUT2D eigenvalue weighted by Gasteiger charge is 2.65. The number of fused-ring (bicyclic) bond motifs is 5. The van der Waals surface area contributed by atoms with Gasteiger partial charge in [0.05, 0.1) is 13.2 Å². The molecule has 4 rings (SSSR count). The van der Waals surface area contributed by atoms with Gasteiger partial charge in [-0.15, -0.1) is 0 Å². The number of esters is 2. The van der Waals surface area contributed by atoms with Crippen LogP contribution in [-0.2, 0) is 23.9 Å². The van der Waals surface area contributed by atoms with Crippen LogP contribution in [0.3, 0.4) is 0 Å². The number of carbonyl (C=O) groups excluding carboxylic acids is 3. The highest BCUT2D eigenvalue weighted by atomic mass is 16.6. The van der Waals surface area contributed by atoms with Crippen LogP contribution in [0.5, 0.6) is 0 Å². The molecule has 0 aromatic heterocycles. The average Bonchev–Trinajstić information content (AvgIpc) is 3.07. The number of allylic oxidation sites excluding steroid dienone is 1. The molecule has 166 valence electrons. The lowest BCUT2D eigenvalue weighted by Crippen LogP contribution is -2.58. The summed E-state index contributed by atoms with van der Waals surface area (Å²) in [6, 6.07) is 0. The van der Waals surface area contributed by atoms with Gasteiger partial charge in [-0.05, 0) is 74.2 Å². The average molecular weight is 419 g/mol. The number of aliphatic hydroxyl groups is 1. The van der Waals surface area contributed by atoms with Gasteiger partial charge in [-0.2, -0.15) is 0 Å². The van der Waals surface area contributed by atoms with E-state index in [0.29, 0.717) is 25.7 Å². The third-order valence-electron chi connectivity index (χ3n) is 8.61. The maximum absolute atomic E-state index is 12.9. The van der Waals surface area contributed by atoms with Crippen LogP contribution in [0.25, 0.3) is 0 Å². The van der Waals surface area contributed by atoms with Crippen LogP contribution < -0.4 is 0 Å². The number of ketones is 1. The molecule has 4 aliphatic rings. The molecular formula is C24H34O6. The number of hydrogen-bond acceptors (Lipinski definition) is 6. The van der Waals surface area contributed by atoms with Crippen LogP contribution in [-0.4, -0.2) is 41.6 Å². The van der Waals surface area contributed by atoms with E-state index >= 15 is 0 Å². The predicted octanol–water partition coefficient (Wildman–Crippen LogP) is 3.35. The lowest BCUT2D eigenvalue weighted by Gasteiger charge is -2.57. The summed E-state index contributed by atoms with van der Waals surface area (Å²) in [6.07, 6.45) is 6.90. The van der Waals surface area contributed by atoms with Gasteiger partial charge in [-0.1, -0.05) is 19.4 Å². The molecule has 30 heavy (non-hydrogen) atoms. The molecule has 0 bridgehead atoms. The molecule has 0 saturated heterocycles. The Morgan fingerprint density at radius 1 is 1.20 bits per heavy atom. The van der Waals surface area contributed by atoms with E-state index in [1.165, 1.54) is 12.7 Å². The largest absolute Gasteiger partial charge is 0.466 e. The Labute approximate surface area is 178 Å². The number of carbonyl (C=O) groups is 3. The zero-order chi connectivity index (χ0) is 21.7. The third kappa shape index (κ3) is 3.14. The second kappa shape index (κ2) is 7.77. The van der Waals surface area contributed by atoms with Crippen LogP contribution in [0.2, 0.25) is 0 Å². The molecule has 0 heterocycles. The summed E-state index contributed by atoms with van der Waals surface area (Å²) in [6.45, 7) is 4.11. The predicted molar refractivity (Wildman–Crippen MR) is 109 cm³/mol. The van der Waals surface area contributed by atoms with E-state index in [0.717, 1.165) is 25.7 Å². The van der Waals surface area contributed by atoms with Gasteiger partial charge >= 0.3 is 11.9 Å². The van der Waals surface area contributed by atoms with Crippen LogP contribution in [0, 0.1) is 29.1 Å². The lowest BCUT2D eigenvalue weighted by atomic mass is 9.48. The maximum Gasteiger partial charge on any atom is 0.350 e. The molecule has 0 aromatic rings. The zero-order valence-electron chi connectivity index (χ0n) is 18.3. The van der Waals surface area contributed by atoms with Crippen molar-refractivity contribution in [3.63, 3.8) is 0 Å². The van der Waals surface area contributed by atoms with Crippen LogP contribution in [0.1, 0.15) is 71.6 Å². The summed E-state index contributed by atoms with van der Waals surface area (Å²) in [7, 11) is 1.34. The number of methoxy groups -OCH3 is 1. The molecule has 4 aliphatic carbocycles. The highest BCUT2D eigenvalue weighted by Crippen LogP contribution is 2.63. The molecule has 0 aromatic carbocycles. The van der Waals surface area contributed by atoms with E-state index in [1.54, 1.807) is 0 Å². The molecule has 7 atom stereocenters. The smallest absolute Gasteiger partial charge is 0.350 e. The van der Waals surface area contributed by atoms with Gasteiger partial charge in [0, 0.05) is 18.8 Å². The monoisotopic (exact) mass is 418 g/mol. The second-order valence-electron chi connectivity index (χ2n) is 10.00. The Morgan fingerprint density at radius 3 is 2.67 bits per heavy atom. The molecule has 0 spiro atoms. The first-order chi connectivity index (χ1) is 14.3. The first-order valence-electron chi connectivity index (χ1n) is 11.5. The van der Waals surface area contributed by atoms with Gasteiger partial charge in [-0.3, -0.25) is 9.59 Å². The fraction of sp³-hybridized carbons (Fsp3) is 0.792. The van der Waals surface area contributed by atoms with Crippen molar-refractivity contribution in [3.8, 4) is 0 Å². The lowest BCUT2D eigenvalue weighted by molar-refractivity contribution is -0.194. The second-order valence-corrected chi connectivity index (χ2v) is 10.00. The minimum Gasteiger partial charge on any atom is -0.466 e. The quantitative estimate of drug-likeness (QED) is 0.704. The van der Waals surface area contributed by atoms with Crippen molar-refractivity contribution in [3.05, 3.63) is 11.6 Å². The minimum absolute atomic E-state index is 0.0756. The molecule has 3 saturated carbocycles. The molecule has 6 nitrogen and oxygen atoms in total. The minimum atomic E-state index is -1.28. The topological polar surface area (TPSA) is 89.9 Å². The van der Waals surface area contributed by atoms with E-state index in [2.05, 4.69) is 6.92 Å². The Bertz CT molecular complexity index is 772. The summed E-state index contributed by atoms with van der Waals surface area (Å²) in [5.41, 5.74) is -0.266. The zero-order valence-corrected chi connectivity index (χ0v) is 18.3. The number of hydrogen-bond donors (Lipinski definition) is 1. The van der Waals surface area contributed by atoms with Crippen molar-refractivity contribution >= 4 is 17.7 Å². The van der Waals surface area contributed by atoms with E-state index in [4.69, 9.17) is 9.47 Å². The Morgan fingerprint density at radius 2 is 1.97 bits per heavy atom. The van der Waals surface area contributed by atoms with Crippen molar-refractivity contribution < 1.29 is 29.0 Å². The molecule has 6 heteroatoms. The van der Waals surface area contributed by atoms with Crippen molar-refractivity contribution in [2.24, 2.45) is 29.1 Å². The van der Waals surface area contributed by atoms with Gasteiger partial charge in [0.1, 0.15) is 0 Å². The van der Waals surface area contributed by atoms with Gasteiger partial charge in [0.2, 0.25) is 5.60 Å². The fourth-order valence-corrected chi connectivity index (χ4v) is 7.33. The van der Waals surface area contributed by atoms with Gasteiger partial charge in [0.25, 0.3) is 0 Å².